The molecule has 0 aromatic carbocycles. The van der Waals surface area contributed by atoms with Crippen LogP contribution in [0.15, 0.2) is 0 Å². The van der Waals surface area contributed by atoms with Gasteiger partial charge in [-0.15, -0.1) is 0 Å². The molecule has 1 saturated heterocycles. The van der Waals surface area contributed by atoms with Crippen LogP contribution < -0.4 is 10.6 Å². The standard InChI is InChI=1S/C8H17N3O2/c1-9-5-7-6-11(3-4-13-7)8(12)10-2/h7,9H,3-6H2,1-2H3,(H,10,12). The maximum Gasteiger partial charge on any atom is 0.317 e. The molecule has 1 unspecified atom stereocenters. The number of likely N-dealkylation sites (N-methyl/N-ethyl adjacent to an activating group) is 1. The first kappa shape index (κ1) is 10.3. The Kier molecular flexibility index (Phi) is 3.98. The Balaban J connectivity index is 2.37. The largest absolute Gasteiger partial charge is 0.373 e. The number of nitrogens with zero attached hydrogens (tertiary/aromatic N) is 1. The quantitative estimate of drug-likeness (QED) is 0.598. The maximum atomic E-state index is 11.3. The molecule has 0 aliphatic carbocycles. The van der Waals surface area contributed by atoms with Crippen LogP contribution in [0.25, 0.3) is 0 Å². The van der Waals surface area contributed by atoms with Gasteiger partial charge in [-0.3, -0.25) is 0 Å². The molecule has 1 rings (SSSR count). The van der Waals surface area contributed by atoms with Crippen molar-refractivity contribution in [2.45, 2.75) is 6.10 Å². The molecule has 13 heavy (non-hydrogen) atoms. The Morgan fingerprint density at radius 2 is 2.38 bits per heavy atom. The summed E-state index contributed by atoms with van der Waals surface area (Å²) in [5, 5.41) is 5.64. The summed E-state index contributed by atoms with van der Waals surface area (Å²) < 4.78 is 5.46. The first-order valence-electron chi connectivity index (χ1n) is 4.50. The zero-order valence-electron chi connectivity index (χ0n) is 8.17. The van der Waals surface area contributed by atoms with Crippen LogP contribution in [0.4, 0.5) is 4.79 Å². The van der Waals surface area contributed by atoms with Gasteiger partial charge in [-0.1, -0.05) is 0 Å². The fraction of sp³-hybridized carbons (Fsp3) is 0.875. The summed E-state index contributed by atoms with van der Waals surface area (Å²) in [6.45, 7) is 2.76. The first-order chi connectivity index (χ1) is 6.27. The summed E-state index contributed by atoms with van der Waals surface area (Å²) in [6, 6.07) is -0.0237. The van der Waals surface area contributed by atoms with Crippen molar-refractivity contribution in [3.8, 4) is 0 Å². The van der Waals surface area contributed by atoms with E-state index in [1.54, 1.807) is 11.9 Å². The van der Waals surface area contributed by atoms with Gasteiger partial charge < -0.3 is 20.3 Å². The molecular formula is C8H17N3O2. The summed E-state index contributed by atoms with van der Waals surface area (Å²) in [4.78, 5) is 13.0. The number of carbonyl (C=O) groups is 1. The van der Waals surface area contributed by atoms with Gasteiger partial charge in [0.25, 0.3) is 0 Å². The highest BCUT2D eigenvalue weighted by Gasteiger charge is 2.22. The van der Waals surface area contributed by atoms with Gasteiger partial charge in [0.05, 0.1) is 12.7 Å². The highest BCUT2D eigenvalue weighted by atomic mass is 16.5. The lowest BCUT2D eigenvalue weighted by molar-refractivity contribution is -0.0117. The van der Waals surface area contributed by atoms with E-state index in [0.717, 1.165) is 6.54 Å². The Morgan fingerprint density at radius 3 is 3.00 bits per heavy atom. The molecule has 2 amide bonds. The van der Waals surface area contributed by atoms with Crippen molar-refractivity contribution in [1.82, 2.24) is 15.5 Å². The summed E-state index contributed by atoms with van der Waals surface area (Å²) in [5.41, 5.74) is 0. The predicted molar refractivity (Wildman–Crippen MR) is 49.7 cm³/mol. The fourth-order valence-electron chi connectivity index (χ4n) is 1.41. The van der Waals surface area contributed by atoms with Gasteiger partial charge in [0.2, 0.25) is 0 Å². The molecule has 76 valence electrons. The molecule has 0 aromatic rings. The normalized spacial score (nSPS) is 22.9. The number of amides is 2. The molecule has 5 heteroatoms. The second-order valence-electron chi connectivity index (χ2n) is 3.05. The van der Waals surface area contributed by atoms with Crippen molar-refractivity contribution < 1.29 is 9.53 Å². The molecule has 1 aliphatic heterocycles. The number of rotatable bonds is 2. The highest BCUT2D eigenvalue weighted by molar-refractivity contribution is 5.73. The van der Waals surface area contributed by atoms with Gasteiger partial charge in [-0.25, -0.2) is 4.79 Å². The third-order valence-corrected chi connectivity index (χ3v) is 2.07. The second-order valence-corrected chi connectivity index (χ2v) is 3.05. The van der Waals surface area contributed by atoms with Gasteiger partial charge in [0.1, 0.15) is 0 Å². The summed E-state index contributed by atoms with van der Waals surface area (Å²) in [6.07, 6.45) is 0.121. The molecule has 1 fully saturated rings. The monoisotopic (exact) mass is 187 g/mol. The fourth-order valence-corrected chi connectivity index (χ4v) is 1.41. The zero-order chi connectivity index (χ0) is 9.68. The first-order valence-corrected chi connectivity index (χ1v) is 4.50. The van der Waals surface area contributed by atoms with Crippen LogP contribution in [0.5, 0.6) is 0 Å². The number of ether oxygens (including phenoxy) is 1. The lowest BCUT2D eigenvalue weighted by Gasteiger charge is -2.32. The van der Waals surface area contributed by atoms with Crippen molar-refractivity contribution in [3.05, 3.63) is 0 Å². The summed E-state index contributed by atoms with van der Waals surface area (Å²) in [5.74, 6) is 0. The van der Waals surface area contributed by atoms with Gasteiger partial charge >= 0.3 is 6.03 Å². The topological polar surface area (TPSA) is 53.6 Å². The molecule has 0 aromatic heterocycles. The predicted octanol–water partition coefficient (Wildman–Crippen LogP) is -0.754. The lowest BCUT2D eigenvalue weighted by atomic mass is 10.3. The molecule has 1 aliphatic rings. The number of urea groups is 1. The average molecular weight is 187 g/mol. The van der Waals surface area contributed by atoms with E-state index in [4.69, 9.17) is 4.74 Å². The second kappa shape index (κ2) is 5.04. The zero-order valence-corrected chi connectivity index (χ0v) is 8.17. The van der Waals surface area contributed by atoms with Crippen LogP contribution in [0.3, 0.4) is 0 Å². The highest BCUT2D eigenvalue weighted by Crippen LogP contribution is 2.03. The molecule has 1 atom stereocenters. The SMILES string of the molecule is CNCC1CN(C(=O)NC)CCO1. The summed E-state index contributed by atoms with van der Waals surface area (Å²) >= 11 is 0. The number of carbonyl (C=O) groups excluding carboxylic acids is 1. The van der Waals surface area contributed by atoms with E-state index >= 15 is 0 Å². The molecular weight excluding hydrogens is 170 g/mol. The minimum absolute atomic E-state index is 0.0237. The Bertz CT molecular complexity index is 173. The molecule has 5 nitrogen and oxygen atoms in total. The third kappa shape index (κ3) is 2.86. The van der Waals surface area contributed by atoms with E-state index in [-0.39, 0.29) is 12.1 Å². The van der Waals surface area contributed by atoms with Gasteiger partial charge in [-0.05, 0) is 7.05 Å². The smallest absolute Gasteiger partial charge is 0.317 e. The van der Waals surface area contributed by atoms with E-state index in [1.807, 2.05) is 7.05 Å². The van der Waals surface area contributed by atoms with Crippen molar-refractivity contribution in [2.24, 2.45) is 0 Å². The van der Waals surface area contributed by atoms with Gasteiger partial charge in [-0.2, -0.15) is 0 Å². The van der Waals surface area contributed by atoms with Crippen molar-refractivity contribution in [2.75, 3.05) is 40.3 Å². The minimum atomic E-state index is -0.0237. The molecule has 0 bridgehead atoms. The van der Waals surface area contributed by atoms with Gasteiger partial charge in [0, 0.05) is 26.7 Å². The van der Waals surface area contributed by atoms with E-state index in [2.05, 4.69) is 10.6 Å². The minimum Gasteiger partial charge on any atom is -0.373 e. The van der Waals surface area contributed by atoms with Crippen molar-refractivity contribution in [3.63, 3.8) is 0 Å². The Labute approximate surface area is 78.4 Å². The van der Waals surface area contributed by atoms with E-state index < -0.39 is 0 Å². The lowest BCUT2D eigenvalue weighted by Crippen LogP contribution is -2.51. The van der Waals surface area contributed by atoms with E-state index in [1.165, 1.54) is 0 Å². The van der Waals surface area contributed by atoms with Crippen LogP contribution in [0.1, 0.15) is 0 Å². The molecule has 0 spiro atoms. The number of hydrogen-bond acceptors (Lipinski definition) is 3. The van der Waals surface area contributed by atoms with Crippen LogP contribution in [0, 0.1) is 0 Å². The molecule has 1 heterocycles. The van der Waals surface area contributed by atoms with Crippen molar-refractivity contribution >= 4 is 6.03 Å². The maximum absolute atomic E-state index is 11.3. The Morgan fingerprint density at radius 1 is 1.62 bits per heavy atom. The molecule has 2 N–H and O–H groups in total. The average Bonchev–Trinajstić information content (AvgIpc) is 2.18. The van der Waals surface area contributed by atoms with Crippen LogP contribution in [0.2, 0.25) is 0 Å². The Hall–Kier alpha value is -0.810. The number of nitrogens with one attached hydrogen (secondary N) is 2. The number of morpholine rings is 1. The molecule has 0 radical (unpaired) electrons. The van der Waals surface area contributed by atoms with Crippen LogP contribution in [-0.4, -0.2) is 57.4 Å². The van der Waals surface area contributed by atoms with E-state index in [9.17, 15) is 4.79 Å². The third-order valence-electron chi connectivity index (χ3n) is 2.07. The van der Waals surface area contributed by atoms with Crippen molar-refractivity contribution in [1.29, 1.82) is 0 Å². The van der Waals surface area contributed by atoms with Crippen LogP contribution in [-0.2, 0) is 4.74 Å². The molecule has 0 saturated carbocycles. The van der Waals surface area contributed by atoms with E-state index in [0.29, 0.717) is 19.7 Å². The van der Waals surface area contributed by atoms with Crippen LogP contribution >= 0.6 is 0 Å². The number of hydrogen-bond donors (Lipinski definition) is 2. The summed E-state index contributed by atoms with van der Waals surface area (Å²) in [7, 11) is 3.52. The van der Waals surface area contributed by atoms with Gasteiger partial charge in [0.15, 0.2) is 0 Å².